The van der Waals surface area contributed by atoms with Crippen LogP contribution in [0.4, 0.5) is 0 Å². The summed E-state index contributed by atoms with van der Waals surface area (Å²) in [7, 11) is 0. The molecular weight excluding hydrogens is 246 g/mol. The Kier molecular flexibility index (Phi) is 2.33. The van der Waals surface area contributed by atoms with E-state index in [2.05, 4.69) is 70.1 Å². The highest BCUT2D eigenvalue weighted by molar-refractivity contribution is 6.04. The van der Waals surface area contributed by atoms with Crippen LogP contribution < -0.4 is 0 Å². The molecule has 0 saturated carbocycles. The summed E-state index contributed by atoms with van der Waals surface area (Å²) in [4.78, 5) is 8.50. The predicted octanol–water partition coefficient (Wildman–Crippen LogP) is 3.88. The molecule has 0 aliphatic carbocycles. The van der Waals surface area contributed by atoms with Gasteiger partial charge in [0.2, 0.25) is 0 Å². The van der Waals surface area contributed by atoms with Crippen molar-refractivity contribution in [3.8, 4) is 5.69 Å². The summed E-state index contributed by atoms with van der Waals surface area (Å²) in [5.74, 6) is 0. The van der Waals surface area contributed by atoms with E-state index in [4.69, 9.17) is 0 Å². The van der Waals surface area contributed by atoms with Gasteiger partial charge in [-0.2, -0.15) is 0 Å². The zero-order valence-electron chi connectivity index (χ0n) is 11.1. The SMILES string of the molecule is Cc1ccccc1-n1ccc2c3ncncc3ccc21. The third kappa shape index (κ3) is 1.53. The highest BCUT2D eigenvalue weighted by Crippen LogP contribution is 2.27. The number of nitrogens with zero attached hydrogens (tertiary/aromatic N) is 3. The molecule has 0 fully saturated rings. The number of aromatic nitrogens is 3. The number of hydrogen-bond acceptors (Lipinski definition) is 2. The summed E-state index contributed by atoms with van der Waals surface area (Å²) >= 11 is 0. The second-order valence-corrected chi connectivity index (χ2v) is 4.93. The van der Waals surface area contributed by atoms with Crippen LogP contribution in [-0.4, -0.2) is 14.5 Å². The quantitative estimate of drug-likeness (QED) is 0.519. The van der Waals surface area contributed by atoms with Crippen molar-refractivity contribution in [3.05, 3.63) is 66.7 Å². The van der Waals surface area contributed by atoms with Gasteiger partial charge in [0, 0.05) is 28.9 Å². The normalized spacial score (nSPS) is 11.2. The lowest BCUT2D eigenvalue weighted by atomic mass is 10.1. The van der Waals surface area contributed by atoms with Gasteiger partial charge in [0.25, 0.3) is 0 Å². The van der Waals surface area contributed by atoms with Gasteiger partial charge in [-0.05, 0) is 36.8 Å². The minimum Gasteiger partial charge on any atom is -0.316 e. The first-order valence-electron chi connectivity index (χ1n) is 6.60. The second-order valence-electron chi connectivity index (χ2n) is 4.93. The number of rotatable bonds is 1. The molecule has 2 aromatic carbocycles. The maximum absolute atomic E-state index is 4.41. The van der Waals surface area contributed by atoms with E-state index < -0.39 is 0 Å². The van der Waals surface area contributed by atoms with E-state index in [9.17, 15) is 0 Å². The molecule has 2 heterocycles. The second kappa shape index (κ2) is 4.17. The summed E-state index contributed by atoms with van der Waals surface area (Å²) in [5.41, 5.74) is 4.64. The topological polar surface area (TPSA) is 30.7 Å². The fraction of sp³-hybridized carbons (Fsp3) is 0.0588. The lowest BCUT2D eigenvalue weighted by Crippen LogP contribution is -1.94. The van der Waals surface area contributed by atoms with Gasteiger partial charge in [-0.15, -0.1) is 0 Å². The van der Waals surface area contributed by atoms with Crippen molar-refractivity contribution in [2.45, 2.75) is 6.92 Å². The Morgan fingerprint density at radius 2 is 1.90 bits per heavy atom. The molecular formula is C17H13N3. The zero-order chi connectivity index (χ0) is 13.5. The molecule has 0 amide bonds. The summed E-state index contributed by atoms with van der Waals surface area (Å²) < 4.78 is 2.21. The third-order valence-electron chi connectivity index (χ3n) is 3.72. The lowest BCUT2D eigenvalue weighted by Gasteiger charge is -2.09. The van der Waals surface area contributed by atoms with Crippen LogP contribution in [0.25, 0.3) is 27.5 Å². The first-order valence-corrected chi connectivity index (χ1v) is 6.60. The van der Waals surface area contributed by atoms with Gasteiger partial charge < -0.3 is 4.57 Å². The Morgan fingerprint density at radius 1 is 1.00 bits per heavy atom. The molecule has 4 rings (SSSR count). The van der Waals surface area contributed by atoms with E-state index in [-0.39, 0.29) is 0 Å². The fourth-order valence-electron chi connectivity index (χ4n) is 2.71. The molecule has 0 bridgehead atoms. The predicted molar refractivity (Wildman–Crippen MR) is 81.1 cm³/mol. The molecule has 0 N–H and O–H groups in total. The van der Waals surface area contributed by atoms with Crippen LogP contribution in [-0.2, 0) is 0 Å². The van der Waals surface area contributed by atoms with E-state index in [1.165, 1.54) is 16.8 Å². The Bertz CT molecular complexity index is 922. The molecule has 0 aliphatic heterocycles. The number of hydrogen-bond donors (Lipinski definition) is 0. The van der Waals surface area contributed by atoms with Crippen molar-refractivity contribution in [2.24, 2.45) is 0 Å². The van der Waals surface area contributed by atoms with Crippen LogP contribution in [0.15, 0.2) is 61.2 Å². The smallest absolute Gasteiger partial charge is 0.116 e. The van der Waals surface area contributed by atoms with Gasteiger partial charge in [0.15, 0.2) is 0 Å². The molecule has 0 saturated heterocycles. The van der Waals surface area contributed by atoms with Gasteiger partial charge in [-0.3, -0.25) is 0 Å². The highest BCUT2D eigenvalue weighted by atomic mass is 15.0. The molecule has 96 valence electrons. The Morgan fingerprint density at radius 3 is 2.80 bits per heavy atom. The van der Waals surface area contributed by atoms with Crippen molar-refractivity contribution in [2.75, 3.05) is 0 Å². The van der Waals surface area contributed by atoms with Crippen LogP contribution in [0.3, 0.4) is 0 Å². The maximum Gasteiger partial charge on any atom is 0.116 e. The lowest BCUT2D eigenvalue weighted by molar-refractivity contribution is 1.10. The third-order valence-corrected chi connectivity index (χ3v) is 3.72. The monoisotopic (exact) mass is 259 g/mol. The highest BCUT2D eigenvalue weighted by Gasteiger charge is 2.08. The summed E-state index contributed by atoms with van der Waals surface area (Å²) in [6.07, 6.45) is 5.56. The minimum absolute atomic E-state index is 1.00. The number of fused-ring (bicyclic) bond motifs is 3. The van der Waals surface area contributed by atoms with Crippen molar-refractivity contribution >= 4 is 21.8 Å². The molecule has 3 nitrogen and oxygen atoms in total. The van der Waals surface area contributed by atoms with Crippen molar-refractivity contribution in [3.63, 3.8) is 0 Å². The van der Waals surface area contributed by atoms with Gasteiger partial charge >= 0.3 is 0 Å². The van der Waals surface area contributed by atoms with Crippen molar-refractivity contribution in [1.82, 2.24) is 14.5 Å². The zero-order valence-corrected chi connectivity index (χ0v) is 11.1. The number of benzene rings is 2. The van der Waals surface area contributed by atoms with Gasteiger partial charge in [0.1, 0.15) is 6.33 Å². The Balaban J connectivity index is 2.08. The van der Waals surface area contributed by atoms with E-state index >= 15 is 0 Å². The Hall–Kier alpha value is -2.68. The Labute approximate surface area is 116 Å². The molecule has 0 aliphatic rings. The molecule has 0 radical (unpaired) electrons. The molecule has 4 aromatic rings. The number of aryl methyl sites for hydroxylation is 1. The van der Waals surface area contributed by atoms with Crippen LogP contribution >= 0.6 is 0 Å². The average molecular weight is 259 g/mol. The van der Waals surface area contributed by atoms with E-state index in [1.54, 1.807) is 6.33 Å². The van der Waals surface area contributed by atoms with E-state index in [1.807, 2.05) is 6.20 Å². The van der Waals surface area contributed by atoms with Gasteiger partial charge in [-0.25, -0.2) is 9.97 Å². The van der Waals surface area contributed by atoms with Crippen LogP contribution in [0.2, 0.25) is 0 Å². The van der Waals surface area contributed by atoms with Crippen LogP contribution in [0, 0.1) is 6.92 Å². The first-order chi connectivity index (χ1) is 9.84. The van der Waals surface area contributed by atoms with Crippen molar-refractivity contribution < 1.29 is 0 Å². The average Bonchev–Trinajstić information content (AvgIpc) is 2.92. The van der Waals surface area contributed by atoms with E-state index in [0.717, 1.165) is 16.3 Å². The molecule has 0 spiro atoms. The van der Waals surface area contributed by atoms with Crippen LogP contribution in [0.1, 0.15) is 5.56 Å². The summed E-state index contributed by atoms with van der Waals surface area (Å²) in [5, 5.41) is 2.23. The standard InChI is InChI=1S/C17H13N3/c1-12-4-2-3-5-15(12)20-9-8-14-16(20)7-6-13-10-18-11-19-17(13)14/h2-11H,1H3. The number of para-hydroxylation sites is 1. The largest absolute Gasteiger partial charge is 0.316 e. The van der Waals surface area contributed by atoms with Crippen molar-refractivity contribution in [1.29, 1.82) is 0 Å². The molecule has 2 aromatic heterocycles. The molecule has 0 atom stereocenters. The van der Waals surface area contributed by atoms with Crippen LogP contribution in [0.5, 0.6) is 0 Å². The maximum atomic E-state index is 4.41. The summed E-state index contributed by atoms with van der Waals surface area (Å²) in [6.45, 7) is 2.13. The fourth-order valence-corrected chi connectivity index (χ4v) is 2.71. The first kappa shape index (κ1) is 11.2. The van der Waals surface area contributed by atoms with E-state index in [0.29, 0.717) is 0 Å². The van der Waals surface area contributed by atoms with Gasteiger partial charge in [0.05, 0.1) is 11.0 Å². The van der Waals surface area contributed by atoms with Gasteiger partial charge in [-0.1, -0.05) is 18.2 Å². The molecule has 20 heavy (non-hydrogen) atoms. The molecule has 3 heteroatoms. The minimum atomic E-state index is 1.00. The molecule has 0 unspecified atom stereocenters. The summed E-state index contributed by atoms with van der Waals surface area (Å²) in [6, 6.07) is 14.7.